The predicted octanol–water partition coefficient (Wildman–Crippen LogP) is 3.19. The first-order chi connectivity index (χ1) is 20.8. The number of para-hydroxylation sites is 1. The van der Waals surface area contributed by atoms with Crippen LogP contribution in [0.5, 0.6) is 5.75 Å². The highest BCUT2D eigenvalue weighted by Crippen LogP contribution is 2.61. The molecule has 1 aliphatic heterocycles. The van der Waals surface area contributed by atoms with Gasteiger partial charge in [0.05, 0.1) is 26.4 Å². The second-order valence-corrected chi connectivity index (χ2v) is 13.8. The van der Waals surface area contributed by atoms with Crippen LogP contribution < -0.4 is 20.7 Å². The van der Waals surface area contributed by atoms with Crippen LogP contribution in [0.2, 0.25) is 0 Å². The number of rotatable bonds is 10. The van der Waals surface area contributed by atoms with Crippen LogP contribution in [0.4, 0.5) is 5.69 Å². The van der Waals surface area contributed by atoms with Gasteiger partial charge in [-0.3, -0.25) is 14.4 Å². The van der Waals surface area contributed by atoms with Gasteiger partial charge < -0.3 is 30.9 Å². The molecule has 0 radical (unpaired) electrons. The largest absolute Gasteiger partial charge is 0.496 e. The summed E-state index contributed by atoms with van der Waals surface area (Å²) in [6, 6.07) is 10.4. The number of aliphatic hydroxyl groups is 2. The number of ether oxygens (including phenoxy) is 1. The lowest BCUT2D eigenvalue weighted by Crippen LogP contribution is -2.62. The molecule has 2 aromatic carbocycles. The van der Waals surface area contributed by atoms with Gasteiger partial charge in [0.25, 0.3) is 0 Å². The van der Waals surface area contributed by atoms with E-state index in [1.165, 1.54) is 6.42 Å². The zero-order valence-corrected chi connectivity index (χ0v) is 26.9. The number of carbonyl (C=O) groups excluding carboxylic acids is 2. The SMILES string of the molecule is COc1c(CN2O[C@@H](CO)C(C(C)O)[C@H]2C(=O)N[C@H]2C[C@H]3C[C@@H]([C@@H]2C)C3(C)C)cccc1-c1cc(C(N)=O)cc(N(C)C)c1. The maximum absolute atomic E-state index is 14.1. The van der Waals surface area contributed by atoms with Crippen molar-refractivity contribution in [2.45, 2.75) is 71.4 Å². The van der Waals surface area contributed by atoms with E-state index in [9.17, 15) is 19.8 Å². The summed E-state index contributed by atoms with van der Waals surface area (Å²) in [5, 5.41) is 25.9. The van der Waals surface area contributed by atoms with E-state index in [-0.39, 0.29) is 25.1 Å². The minimum absolute atomic E-state index is 0.0465. The first-order valence-corrected chi connectivity index (χ1v) is 15.6. The van der Waals surface area contributed by atoms with Crippen molar-refractivity contribution in [2.24, 2.45) is 34.8 Å². The van der Waals surface area contributed by atoms with Gasteiger partial charge in [-0.25, -0.2) is 0 Å². The molecule has 2 amide bonds. The predicted molar refractivity (Wildman–Crippen MR) is 169 cm³/mol. The Balaban J connectivity index is 1.46. The number of hydrogen-bond donors (Lipinski definition) is 4. The zero-order valence-electron chi connectivity index (χ0n) is 26.9. The molecule has 5 N–H and O–H groups in total. The average molecular weight is 609 g/mol. The third kappa shape index (κ3) is 5.69. The Kier molecular flexibility index (Phi) is 9.01. The van der Waals surface area contributed by atoms with Crippen molar-refractivity contribution in [3.63, 3.8) is 0 Å². The van der Waals surface area contributed by atoms with Gasteiger partial charge >= 0.3 is 0 Å². The molecule has 8 atom stereocenters. The normalized spacial score (nSPS) is 29.9. The highest BCUT2D eigenvalue weighted by Gasteiger charge is 2.57. The van der Waals surface area contributed by atoms with E-state index >= 15 is 0 Å². The Labute approximate surface area is 260 Å². The molecule has 2 bridgehead atoms. The minimum Gasteiger partial charge on any atom is -0.496 e. The first kappa shape index (κ1) is 32.2. The number of nitrogens with one attached hydrogen (secondary N) is 1. The van der Waals surface area contributed by atoms with Crippen LogP contribution in [0.15, 0.2) is 36.4 Å². The summed E-state index contributed by atoms with van der Waals surface area (Å²) in [7, 11) is 5.36. The van der Waals surface area contributed by atoms with E-state index in [2.05, 4.69) is 26.1 Å². The van der Waals surface area contributed by atoms with E-state index in [1.807, 2.05) is 43.3 Å². The molecule has 2 aromatic rings. The highest BCUT2D eigenvalue weighted by atomic mass is 16.7. The van der Waals surface area contributed by atoms with Gasteiger partial charge in [0.1, 0.15) is 17.9 Å². The molecule has 0 spiro atoms. The van der Waals surface area contributed by atoms with Gasteiger partial charge in [-0.15, -0.1) is 0 Å². The number of aliphatic hydroxyl groups excluding tert-OH is 2. The van der Waals surface area contributed by atoms with Crippen molar-refractivity contribution in [3.8, 4) is 16.9 Å². The van der Waals surface area contributed by atoms with Gasteiger partial charge in [0.2, 0.25) is 11.8 Å². The van der Waals surface area contributed by atoms with Crippen molar-refractivity contribution in [2.75, 3.05) is 32.7 Å². The van der Waals surface area contributed by atoms with Gasteiger partial charge in [0.15, 0.2) is 0 Å². The molecule has 240 valence electrons. The Bertz CT molecular complexity index is 1390. The number of carbonyl (C=O) groups is 2. The Morgan fingerprint density at radius 3 is 2.52 bits per heavy atom. The van der Waals surface area contributed by atoms with Gasteiger partial charge in [0, 0.05) is 48.4 Å². The standard InChI is InChI=1S/C34H48N4O6/c1-18-26-14-23(34(26,3)4)15-27(18)36-33(42)30-29(19(2)40)28(17-39)44-38(30)16-20-9-8-10-25(31(20)43-7)21-11-22(32(35)41)13-24(12-21)37(5)6/h8-13,18-19,23,26-30,39-40H,14-17H2,1-7H3,(H2,35,41)(H,36,42)/t18-,19?,23+,26-,27-,28-,29?,30-/m0/s1. The Hall–Kier alpha value is -3.18. The topological polar surface area (TPSA) is 138 Å². The van der Waals surface area contributed by atoms with Crippen molar-refractivity contribution in [3.05, 3.63) is 47.5 Å². The number of nitrogens with two attached hydrogens (primary N) is 1. The second kappa shape index (κ2) is 12.3. The van der Waals surface area contributed by atoms with E-state index in [0.717, 1.165) is 28.8 Å². The van der Waals surface area contributed by atoms with E-state index in [1.54, 1.807) is 31.2 Å². The maximum Gasteiger partial charge on any atom is 0.248 e. The molecular formula is C34H48N4O6. The Morgan fingerprint density at radius 1 is 1.23 bits per heavy atom. The Morgan fingerprint density at radius 2 is 1.95 bits per heavy atom. The molecule has 0 aromatic heterocycles. The lowest BCUT2D eigenvalue weighted by atomic mass is 9.45. The van der Waals surface area contributed by atoms with Crippen molar-refractivity contribution in [1.29, 1.82) is 0 Å². The van der Waals surface area contributed by atoms with E-state index in [4.69, 9.17) is 15.3 Å². The highest BCUT2D eigenvalue weighted by molar-refractivity contribution is 5.96. The summed E-state index contributed by atoms with van der Waals surface area (Å²) in [4.78, 5) is 34.3. The summed E-state index contributed by atoms with van der Waals surface area (Å²) in [6.07, 6.45) is 0.502. The number of anilines is 1. The summed E-state index contributed by atoms with van der Waals surface area (Å²) < 4.78 is 5.93. The fourth-order valence-corrected chi connectivity index (χ4v) is 8.00. The fraction of sp³-hybridized carbons (Fsp3) is 0.588. The molecule has 10 nitrogen and oxygen atoms in total. The van der Waals surface area contributed by atoms with Crippen LogP contribution in [0.25, 0.3) is 11.1 Å². The zero-order chi connectivity index (χ0) is 32.1. The molecule has 1 heterocycles. The second-order valence-electron chi connectivity index (χ2n) is 13.8. The monoisotopic (exact) mass is 608 g/mol. The lowest BCUT2D eigenvalue weighted by molar-refractivity contribution is -0.183. The number of benzene rings is 2. The molecule has 3 saturated carbocycles. The molecule has 44 heavy (non-hydrogen) atoms. The van der Waals surface area contributed by atoms with Crippen molar-refractivity contribution < 1.29 is 29.4 Å². The number of amides is 2. The lowest BCUT2D eigenvalue weighted by Gasteiger charge is -2.62. The summed E-state index contributed by atoms with van der Waals surface area (Å²) in [6.45, 7) is 8.35. The smallest absolute Gasteiger partial charge is 0.248 e. The van der Waals surface area contributed by atoms with Crippen LogP contribution in [0.1, 0.15) is 56.5 Å². The molecule has 6 rings (SSSR count). The number of nitrogens with zero attached hydrogens (tertiary/aromatic N) is 2. The van der Waals surface area contributed by atoms with E-state index < -0.39 is 30.1 Å². The number of methoxy groups -OCH3 is 1. The average Bonchev–Trinajstić information content (AvgIpc) is 3.36. The molecule has 4 aliphatic rings. The number of primary amides is 1. The van der Waals surface area contributed by atoms with Gasteiger partial charge in [-0.1, -0.05) is 39.0 Å². The number of hydrogen-bond acceptors (Lipinski definition) is 8. The number of hydroxylamine groups is 2. The summed E-state index contributed by atoms with van der Waals surface area (Å²) in [5.41, 5.74) is 9.38. The first-order valence-electron chi connectivity index (χ1n) is 15.6. The van der Waals surface area contributed by atoms with Crippen LogP contribution in [0, 0.1) is 29.1 Å². The van der Waals surface area contributed by atoms with Gasteiger partial charge in [-0.2, -0.15) is 5.06 Å². The van der Waals surface area contributed by atoms with E-state index in [0.29, 0.717) is 34.5 Å². The van der Waals surface area contributed by atoms with Crippen LogP contribution in [0.3, 0.4) is 0 Å². The molecule has 10 heteroatoms. The van der Waals surface area contributed by atoms with Crippen LogP contribution in [-0.2, 0) is 16.2 Å². The minimum atomic E-state index is -0.891. The number of fused-ring (bicyclic) bond motifs is 2. The molecule has 2 unspecified atom stereocenters. The fourth-order valence-electron chi connectivity index (χ4n) is 8.00. The van der Waals surface area contributed by atoms with Crippen molar-refractivity contribution >= 4 is 17.5 Å². The van der Waals surface area contributed by atoms with Crippen LogP contribution >= 0.6 is 0 Å². The molecule has 3 aliphatic carbocycles. The van der Waals surface area contributed by atoms with Gasteiger partial charge in [-0.05, 0) is 66.7 Å². The quantitative estimate of drug-likeness (QED) is 0.323. The maximum atomic E-state index is 14.1. The summed E-state index contributed by atoms with van der Waals surface area (Å²) >= 11 is 0. The molecular weight excluding hydrogens is 560 g/mol. The third-order valence-corrected chi connectivity index (χ3v) is 10.7. The third-order valence-electron chi connectivity index (χ3n) is 10.7. The van der Waals surface area contributed by atoms with Crippen molar-refractivity contribution in [1.82, 2.24) is 10.4 Å². The summed E-state index contributed by atoms with van der Waals surface area (Å²) in [5.74, 6) is 0.677. The van der Waals surface area contributed by atoms with Crippen LogP contribution in [-0.4, -0.2) is 79.2 Å². The molecule has 1 saturated heterocycles. The molecule has 4 fully saturated rings.